The van der Waals surface area contributed by atoms with Gasteiger partial charge in [-0.1, -0.05) is 17.7 Å². The number of hydrogen-bond acceptors (Lipinski definition) is 3. The molecule has 24 heavy (non-hydrogen) atoms. The van der Waals surface area contributed by atoms with Gasteiger partial charge in [0.2, 0.25) is 0 Å². The molecule has 4 nitrogen and oxygen atoms in total. The summed E-state index contributed by atoms with van der Waals surface area (Å²) in [6.45, 7) is 3.95. The number of aliphatic hydroxyl groups excluding tert-OH is 1. The van der Waals surface area contributed by atoms with E-state index in [0.717, 1.165) is 5.56 Å². The van der Waals surface area contributed by atoms with Gasteiger partial charge >= 0.3 is 6.18 Å². The highest BCUT2D eigenvalue weighted by Crippen LogP contribution is 2.31. The van der Waals surface area contributed by atoms with Crippen molar-refractivity contribution in [2.24, 2.45) is 5.92 Å². The Morgan fingerprint density at radius 3 is 2.29 bits per heavy atom. The van der Waals surface area contributed by atoms with Crippen LogP contribution in [0.2, 0.25) is 0 Å². The summed E-state index contributed by atoms with van der Waals surface area (Å²) in [5.41, 5.74) is 1.08. The van der Waals surface area contributed by atoms with Crippen molar-refractivity contribution in [1.82, 2.24) is 4.90 Å². The Kier molecular flexibility index (Phi) is 5.74. The summed E-state index contributed by atoms with van der Waals surface area (Å²) in [7, 11) is 0. The first-order valence-corrected chi connectivity index (χ1v) is 7.95. The van der Waals surface area contributed by atoms with Crippen molar-refractivity contribution in [3.8, 4) is 5.75 Å². The molecular weight excluding hydrogens is 323 g/mol. The van der Waals surface area contributed by atoms with E-state index in [9.17, 15) is 23.1 Å². The minimum absolute atomic E-state index is 0.129. The number of ether oxygens (including phenoxy) is 1. The van der Waals surface area contributed by atoms with Gasteiger partial charge in [-0.15, -0.1) is 0 Å². The summed E-state index contributed by atoms with van der Waals surface area (Å²) in [5, 5.41) is 9.31. The van der Waals surface area contributed by atoms with Crippen molar-refractivity contribution < 1.29 is 27.8 Å². The number of carbonyl (C=O) groups is 1. The third-order valence-electron chi connectivity index (χ3n) is 4.31. The van der Waals surface area contributed by atoms with E-state index in [0.29, 0.717) is 5.75 Å². The molecule has 1 aliphatic heterocycles. The average molecular weight is 345 g/mol. The fourth-order valence-corrected chi connectivity index (χ4v) is 2.83. The van der Waals surface area contributed by atoms with Crippen LogP contribution in [0.25, 0.3) is 0 Å². The summed E-state index contributed by atoms with van der Waals surface area (Å²) in [6, 6.07) is 7.28. The first kappa shape index (κ1) is 18.6. The lowest BCUT2D eigenvalue weighted by atomic mass is 9.90. The third kappa shape index (κ3) is 4.63. The number of aliphatic hydroxyl groups is 1. The number of amides is 1. The maximum Gasteiger partial charge on any atom is 0.414 e. The van der Waals surface area contributed by atoms with Gasteiger partial charge in [0.05, 0.1) is 0 Å². The van der Waals surface area contributed by atoms with E-state index in [1.807, 2.05) is 19.1 Å². The molecule has 134 valence electrons. The fraction of sp³-hybridized carbons (Fsp3) is 0.588. The molecule has 1 aliphatic rings. The largest absolute Gasteiger partial charge is 0.481 e. The molecule has 1 heterocycles. The standard InChI is InChI=1S/C17H22F3NO3/c1-11-3-5-14(6-4-11)24-12(2)16(23)21-9-7-13(8-10-21)15(22)17(18,19)20/h3-6,12-13,15,22H,7-10H2,1-2H3. The lowest BCUT2D eigenvalue weighted by molar-refractivity contribution is -0.223. The zero-order valence-electron chi connectivity index (χ0n) is 13.7. The molecule has 1 fully saturated rings. The Bertz CT molecular complexity index is 551. The Morgan fingerprint density at radius 1 is 1.25 bits per heavy atom. The lowest BCUT2D eigenvalue weighted by Gasteiger charge is -2.35. The minimum atomic E-state index is -4.61. The van der Waals surface area contributed by atoms with E-state index in [1.54, 1.807) is 19.1 Å². The molecular formula is C17H22F3NO3. The van der Waals surface area contributed by atoms with E-state index in [4.69, 9.17) is 4.74 Å². The van der Waals surface area contributed by atoms with E-state index >= 15 is 0 Å². The van der Waals surface area contributed by atoms with E-state index in [-0.39, 0.29) is 31.8 Å². The van der Waals surface area contributed by atoms with Crippen LogP contribution in [0.5, 0.6) is 5.75 Å². The van der Waals surface area contributed by atoms with Crippen LogP contribution in [-0.2, 0) is 4.79 Å². The van der Waals surface area contributed by atoms with Crippen LogP contribution < -0.4 is 4.74 Å². The van der Waals surface area contributed by atoms with Crippen LogP contribution in [0.1, 0.15) is 25.3 Å². The molecule has 2 atom stereocenters. The quantitative estimate of drug-likeness (QED) is 0.913. The van der Waals surface area contributed by atoms with Crippen LogP contribution in [-0.4, -0.2) is 47.4 Å². The number of hydrogen-bond donors (Lipinski definition) is 1. The molecule has 0 radical (unpaired) electrons. The van der Waals surface area contributed by atoms with Gasteiger partial charge in [0.1, 0.15) is 5.75 Å². The second kappa shape index (κ2) is 7.42. The molecule has 0 saturated carbocycles. The van der Waals surface area contributed by atoms with Crippen molar-refractivity contribution in [3.63, 3.8) is 0 Å². The summed E-state index contributed by atoms with van der Waals surface area (Å²) in [5.74, 6) is -0.540. The van der Waals surface area contributed by atoms with Crippen molar-refractivity contribution in [1.29, 1.82) is 0 Å². The Labute approximate surface area is 139 Å². The van der Waals surface area contributed by atoms with E-state index in [2.05, 4.69) is 0 Å². The van der Waals surface area contributed by atoms with Crippen molar-refractivity contribution >= 4 is 5.91 Å². The van der Waals surface area contributed by atoms with Crippen LogP contribution >= 0.6 is 0 Å². The second-order valence-corrected chi connectivity index (χ2v) is 6.22. The molecule has 7 heteroatoms. The van der Waals surface area contributed by atoms with Crippen LogP contribution in [0.4, 0.5) is 13.2 Å². The van der Waals surface area contributed by atoms with Gasteiger partial charge in [-0.05, 0) is 44.7 Å². The third-order valence-corrected chi connectivity index (χ3v) is 4.31. The van der Waals surface area contributed by atoms with Crippen molar-refractivity contribution in [2.45, 2.75) is 45.1 Å². The number of halogens is 3. The zero-order valence-corrected chi connectivity index (χ0v) is 13.7. The highest BCUT2D eigenvalue weighted by atomic mass is 19.4. The Hall–Kier alpha value is -1.76. The molecule has 1 aromatic rings. The molecule has 2 unspecified atom stereocenters. The van der Waals surface area contributed by atoms with Crippen LogP contribution in [0.15, 0.2) is 24.3 Å². The summed E-state index contributed by atoms with van der Waals surface area (Å²) < 4.78 is 43.2. The van der Waals surface area contributed by atoms with Gasteiger partial charge in [-0.3, -0.25) is 4.79 Å². The maximum absolute atomic E-state index is 12.5. The monoisotopic (exact) mass is 345 g/mol. The molecule has 1 saturated heterocycles. The maximum atomic E-state index is 12.5. The molecule has 0 bridgehead atoms. The highest BCUT2D eigenvalue weighted by molar-refractivity contribution is 5.81. The number of nitrogens with zero attached hydrogens (tertiary/aromatic N) is 1. The van der Waals surface area contributed by atoms with Crippen molar-refractivity contribution in [2.75, 3.05) is 13.1 Å². The first-order valence-electron chi connectivity index (χ1n) is 7.95. The van der Waals surface area contributed by atoms with Gasteiger partial charge in [0, 0.05) is 13.1 Å². The van der Waals surface area contributed by atoms with Gasteiger partial charge in [-0.25, -0.2) is 0 Å². The van der Waals surface area contributed by atoms with E-state index in [1.165, 1.54) is 4.90 Å². The van der Waals surface area contributed by atoms with Gasteiger partial charge in [0.15, 0.2) is 12.2 Å². The minimum Gasteiger partial charge on any atom is -0.481 e. The zero-order chi connectivity index (χ0) is 17.9. The number of piperidine rings is 1. The molecule has 0 aliphatic carbocycles. The lowest BCUT2D eigenvalue weighted by Crippen LogP contribution is -2.48. The first-order chi connectivity index (χ1) is 11.2. The average Bonchev–Trinajstić information content (AvgIpc) is 2.55. The Morgan fingerprint density at radius 2 is 1.79 bits per heavy atom. The number of alkyl halides is 3. The number of aryl methyl sites for hydroxylation is 1. The topological polar surface area (TPSA) is 49.8 Å². The number of carbonyl (C=O) groups excluding carboxylic acids is 1. The predicted octanol–water partition coefficient (Wildman–Crippen LogP) is 2.92. The van der Waals surface area contributed by atoms with Crippen LogP contribution in [0, 0.1) is 12.8 Å². The fourth-order valence-electron chi connectivity index (χ4n) is 2.83. The molecule has 1 aromatic carbocycles. The summed E-state index contributed by atoms with van der Waals surface area (Å²) >= 11 is 0. The summed E-state index contributed by atoms with van der Waals surface area (Å²) in [6.07, 6.45) is -7.39. The SMILES string of the molecule is Cc1ccc(OC(C)C(=O)N2CCC(C(O)C(F)(F)F)CC2)cc1. The number of benzene rings is 1. The van der Waals surface area contributed by atoms with E-state index < -0.39 is 24.3 Å². The molecule has 2 rings (SSSR count). The van der Waals surface area contributed by atoms with Gasteiger partial charge < -0.3 is 14.7 Å². The predicted molar refractivity (Wildman–Crippen MR) is 82.6 cm³/mol. The molecule has 1 amide bonds. The molecule has 1 N–H and O–H groups in total. The van der Waals surface area contributed by atoms with Crippen molar-refractivity contribution in [3.05, 3.63) is 29.8 Å². The normalized spacial score (nSPS) is 19.0. The molecule has 0 aromatic heterocycles. The number of rotatable bonds is 4. The molecule has 0 spiro atoms. The smallest absolute Gasteiger partial charge is 0.414 e. The Balaban J connectivity index is 1.86. The van der Waals surface area contributed by atoms with Crippen LogP contribution in [0.3, 0.4) is 0 Å². The highest BCUT2D eigenvalue weighted by Gasteiger charge is 2.44. The second-order valence-electron chi connectivity index (χ2n) is 6.22. The summed E-state index contributed by atoms with van der Waals surface area (Å²) in [4.78, 5) is 13.9. The van der Waals surface area contributed by atoms with Gasteiger partial charge in [-0.2, -0.15) is 13.2 Å². The van der Waals surface area contributed by atoms with Gasteiger partial charge in [0.25, 0.3) is 5.91 Å². The number of likely N-dealkylation sites (tertiary alicyclic amines) is 1.